The molecule has 1 amide bonds. The van der Waals surface area contributed by atoms with Crippen LogP contribution in [0.2, 0.25) is 0 Å². The monoisotopic (exact) mass is 591 g/mol. The lowest BCUT2D eigenvalue weighted by Gasteiger charge is -2.26. The van der Waals surface area contributed by atoms with Gasteiger partial charge in [-0.15, -0.1) is 0 Å². The largest absolute Gasteiger partial charge is 0.464 e. The molecule has 0 aromatic carbocycles. The van der Waals surface area contributed by atoms with Gasteiger partial charge >= 0.3 is 12.1 Å². The van der Waals surface area contributed by atoms with Gasteiger partial charge in [-0.25, -0.2) is 24.5 Å². The van der Waals surface area contributed by atoms with Crippen molar-refractivity contribution in [2.24, 2.45) is 0 Å². The van der Waals surface area contributed by atoms with Crippen LogP contribution in [0, 0.1) is 6.92 Å². The fourth-order valence-corrected chi connectivity index (χ4v) is 4.72. The minimum Gasteiger partial charge on any atom is -0.464 e. The lowest BCUT2D eigenvalue weighted by atomic mass is 10.2. The van der Waals surface area contributed by atoms with Gasteiger partial charge in [0.15, 0.2) is 17.1 Å². The van der Waals surface area contributed by atoms with Crippen molar-refractivity contribution in [3.05, 3.63) is 23.6 Å². The highest BCUT2D eigenvalue weighted by atomic mass is 32.2. The molecule has 0 aliphatic carbocycles. The number of nitrogens with one attached hydrogen (secondary N) is 1. The van der Waals surface area contributed by atoms with Gasteiger partial charge in [-0.05, 0) is 27.7 Å². The summed E-state index contributed by atoms with van der Waals surface area (Å²) in [5.74, 6) is 1.25. The molecule has 1 fully saturated rings. The van der Waals surface area contributed by atoms with E-state index in [1.165, 1.54) is 13.4 Å². The summed E-state index contributed by atoms with van der Waals surface area (Å²) in [7, 11) is 1.26. The minimum absolute atomic E-state index is 0.0107. The summed E-state index contributed by atoms with van der Waals surface area (Å²) in [4.78, 5) is 40.2. The Morgan fingerprint density at radius 3 is 2.39 bits per heavy atom. The number of anilines is 1. The molecule has 0 spiro atoms. The molecule has 1 saturated heterocycles. The molecule has 4 rings (SSSR count). The zero-order valence-corrected chi connectivity index (χ0v) is 25.5. The predicted octanol–water partition coefficient (Wildman–Crippen LogP) is 5.01. The van der Waals surface area contributed by atoms with Gasteiger partial charge < -0.3 is 37.7 Å². The molecule has 1 aliphatic rings. The van der Waals surface area contributed by atoms with E-state index in [0.717, 1.165) is 0 Å². The van der Waals surface area contributed by atoms with Gasteiger partial charge in [-0.2, -0.15) is 11.8 Å². The fraction of sp³-hybridized carbons (Fsp3) is 0.593. The third-order valence-corrected chi connectivity index (χ3v) is 7.06. The highest BCUT2D eigenvalue weighted by Gasteiger charge is 2.32. The molecule has 13 nitrogen and oxygen atoms in total. The van der Waals surface area contributed by atoms with E-state index in [4.69, 9.17) is 32.4 Å². The zero-order chi connectivity index (χ0) is 29.9. The molecule has 0 unspecified atom stereocenters. The molecule has 3 aromatic heterocycles. The number of morpholine rings is 1. The number of alkyl carbamates (subject to hydrolysis) is 1. The number of aryl methyl sites for hydroxylation is 1. The molecule has 224 valence electrons. The summed E-state index contributed by atoms with van der Waals surface area (Å²) in [5, 5.41) is 2.92. The van der Waals surface area contributed by atoms with Gasteiger partial charge in [0.1, 0.15) is 23.7 Å². The van der Waals surface area contributed by atoms with Gasteiger partial charge in [0, 0.05) is 23.6 Å². The van der Waals surface area contributed by atoms with E-state index < -0.39 is 23.7 Å². The molecule has 0 bridgehead atoms. The number of hydrogen-bond donors (Lipinski definition) is 1. The van der Waals surface area contributed by atoms with E-state index in [0.29, 0.717) is 55.1 Å². The van der Waals surface area contributed by atoms with Crippen molar-refractivity contribution in [2.45, 2.75) is 64.9 Å². The van der Waals surface area contributed by atoms with Gasteiger partial charge in [-0.1, -0.05) is 20.8 Å². The summed E-state index contributed by atoms with van der Waals surface area (Å²) in [6.07, 6.45) is 0.617. The molecule has 1 aliphatic heterocycles. The van der Waals surface area contributed by atoms with Crippen LogP contribution in [0.1, 0.15) is 69.7 Å². The van der Waals surface area contributed by atoms with E-state index in [9.17, 15) is 9.59 Å². The Morgan fingerprint density at radius 1 is 1.05 bits per heavy atom. The predicted molar refractivity (Wildman–Crippen MR) is 151 cm³/mol. The van der Waals surface area contributed by atoms with Crippen molar-refractivity contribution in [1.82, 2.24) is 20.3 Å². The second-order valence-electron chi connectivity index (χ2n) is 11.4. The number of thioether (sulfide) groups is 1. The Balaban J connectivity index is 1.73. The van der Waals surface area contributed by atoms with Gasteiger partial charge in [0.25, 0.3) is 5.89 Å². The van der Waals surface area contributed by atoms with Crippen molar-refractivity contribution in [2.75, 3.05) is 44.1 Å². The van der Waals surface area contributed by atoms with E-state index in [2.05, 4.69) is 36.1 Å². The Hall–Kier alpha value is -3.52. The number of carbonyl (C=O) groups excluding carboxylic acids is 2. The van der Waals surface area contributed by atoms with Crippen molar-refractivity contribution < 1.29 is 37.1 Å². The van der Waals surface area contributed by atoms with Crippen molar-refractivity contribution >= 4 is 29.7 Å². The average molecular weight is 592 g/mol. The lowest BCUT2D eigenvalue weighted by Crippen LogP contribution is -2.37. The average Bonchev–Trinajstić information content (AvgIpc) is 3.63. The van der Waals surface area contributed by atoms with Gasteiger partial charge in [0.2, 0.25) is 17.7 Å². The van der Waals surface area contributed by atoms with Crippen LogP contribution >= 0.6 is 11.8 Å². The third-order valence-electron chi connectivity index (χ3n) is 5.70. The number of carbonyl (C=O) groups is 2. The normalized spacial score (nSPS) is 15.1. The summed E-state index contributed by atoms with van der Waals surface area (Å²) in [6.45, 7) is 15.5. The minimum atomic E-state index is -0.674. The van der Waals surface area contributed by atoms with Crippen LogP contribution in [0.5, 0.6) is 0 Å². The van der Waals surface area contributed by atoms with Crippen molar-refractivity contribution in [3.63, 3.8) is 0 Å². The van der Waals surface area contributed by atoms with Gasteiger partial charge in [0.05, 0.1) is 20.3 Å². The van der Waals surface area contributed by atoms with Crippen LogP contribution in [0.3, 0.4) is 0 Å². The first-order valence-corrected chi connectivity index (χ1v) is 14.2. The standard InChI is InChI=1S/C27H37N5O8S/c1-15-18(21-28-16(13-37-21)24(33)35-8)30-22(38-15)19-23(32-9-11-36-12-10-32)39-20(31-19)17(14-41-27(5,6)7)29-25(34)40-26(2,3)4/h13,17H,9-12,14H2,1-8H3,(H,29,34)/t17-/m0/s1. The number of nitrogens with zero attached hydrogens (tertiary/aromatic N) is 4. The molecule has 4 heterocycles. The quantitative estimate of drug-likeness (QED) is 0.349. The maximum Gasteiger partial charge on any atom is 0.408 e. The Labute approximate surface area is 242 Å². The number of rotatable bonds is 8. The molecular formula is C27H37N5O8S. The summed E-state index contributed by atoms with van der Waals surface area (Å²) < 4.78 is 33.5. The number of ether oxygens (including phenoxy) is 3. The van der Waals surface area contributed by atoms with E-state index >= 15 is 0 Å². The molecule has 0 saturated carbocycles. The summed E-state index contributed by atoms with van der Waals surface area (Å²) in [5.41, 5.74) is -0.00438. The van der Waals surface area contributed by atoms with Crippen LogP contribution < -0.4 is 10.2 Å². The SMILES string of the molecule is COC(=O)c1coc(-c2nc(-c3nc([C@H](CSC(C)(C)C)NC(=O)OC(C)(C)C)oc3N3CCOCC3)oc2C)n1. The number of amides is 1. The molecule has 1 N–H and O–H groups in total. The molecule has 0 radical (unpaired) electrons. The first-order valence-electron chi connectivity index (χ1n) is 13.2. The van der Waals surface area contributed by atoms with Crippen LogP contribution in [0.15, 0.2) is 19.5 Å². The smallest absolute Gasteiger partial charge is 0.408 e. The summed E-state index contributed by atoms with van der Waals surface area (Å²) >= 11 is 1.65. The van der Waals surface area contributed by atoms with Crippen LogP contribution in [-0.4, -0.2) is 76.5 Å². The molecule has 14 heteroatoms. The van der Waals surface area contributed by atoms with Crippen LogP contribution in [0.4, 0.5) is 10.7 Å². The molecular weight excluding hydrogens is 554 g/mol. The number of methoxy groups -OCH3 is 1. The Kier molecular flexibility index (Phi) is 9.02. The van der Waals surface area contributed by atoms with E-state index in [1.54, 1.807) is 39.5 Å². The van der Waals surface area contributed by atoms with Crippen molar-refractivity contribution in [3.8, 4) is 23.2 Å². The molecule has 41 heavy (non-hydrogen) atoms. The second-order valence-corrected chi connectivity index (χ2v) is 13.2. The maximum absolute atomic E-state index is 12.8. The van der Waals surface area contributed by atoms with Crippen molar-refractivity contribution in [1.29, 1.82) is 0 Å². The van der Waals surface area contributed by atoms with Crippen LogP contribution in [-0.2, 0) is 14.2 Å². The maximum atomic E-state index is 12.8. The number of esters is 1. The molecule has 3 aromatic rings. The third kappa shape index (κ3) is 7.82. The summed E-state index contributed by atoms with van der Waals surface area (Å²) in [6, 6.07) is -0.604. The number of oxazole rings is 3. The van der Waals surface area contributed by atoms with Gasteiger partial charge in [-0.3, -0.25) is 0 Å². The number of aromatic nitrogens is 3. The van der Waals surface area contributed by atoms with E-state index in [1.807, 2.05) is 4.90 Å². The first kappa shape index (κ1) is 30.4. The highest BCUT2D eigenvalue weighted by Crippen LogP contribution is 2.38. The lowest BCUT2D eigenvalue weighted by molar-refractivity contribution is 0.0501. The molecule has 1 atom stereocenters. The Morgan fingerprint density at radius 2 is 1.76 bits per heavy atom. The topological polar surface area (TPSA) is 155 Å². The van der Waals surface area contributed by atoms with Crippen LogP contribution in [0.25, 0.3) is 23.2 Å². The Bertz CT molecular complexity index is 1360. The second kappa shape index (κ2) is 12.1. The van der Waals surface area contributed by atoms with E-state index in [-0.39, 0.29) is 28.1 Å². The fourth-order valence-electron chi connectivity index (χ4n) is 3.83. The number of hydrogen-bond acceptors (Lipinski definition) is 13. The zero-order valence-electron chi connectivity index (χ0n) is 24.7. The highest BCUT2D eigenvalue weighted by molar-refractivity contribution is 8.00. The first-order chi connectivity index (χ1) is 19.2.